The second-order valence-corrected chi connectivity index (χ2v) is 7.47. The summed E-state index contributed by atoms with van der Waals surface area (Å²) in [5.41, 5.74) is 0.0322. The molecule has 168 valence electrons. The minimum Gasteiger partial charge on any atom is -0.497 e. The monoisotopic (exact) mass is 457 g/mol. The molecule has 0 atom stereocenters. The van der Waals surface area contributed by atoms with Gasteiger partial charge in [0.25, 0.3) is 0 Å². The first kappa shape index (κ1) is 23.0. The second kappa shape index (κ2) is 9.65. The summed E-state index contributed by atoms with van der Waals surface area (Å²) < 4.78 is 49.5. The third kappa shape index (κ3) is 5.74. The van der Waals surface area contributed by atoms with Crippen molar-refractivity contribution in [1.29, 1.82) is 0 Å². The highest BCUT2D eigenvalue weighted by Gasteiger charge is 2.31. The molecule has 1 heterocycles. The lowest BCUT2D eigenvalue weighted by Gasteiger charge is -2.35. The Morgan fingerprint density at radius 1 is 1.06 bits per heavy atom. The number of anilines is 1. The maximum absolute atomic E-state index is 12.9. The lowest BCUT2D eigenvalue weighted by molar-refractivity contribution is -0.137. The van der Waals surface area contributed by atoms with E-state index < -0.39 is 17.8 Å². The first-order valence-electron chi connectivity index (χ1n) is 9.57. The number of halogens is 4. The molecule has 10 heteroatoms. The van der Waals surface area contributed by atoms with Crippen molar-refractivity contribution >= 4 is 23.3 Å². The molecule has 0 unspecified atom stereocenters. The van der Waals surface area contributed by atoms with Gasteiger partial charge in [-0.1, -0.05) is 11.6 Å². The topological polar surface area (TPSA) is 54.0 Å². The largest absolute Gasteiger partial charge is 0.497 e. The Morgan fingerprint density at radius 2 is 1.77 bits per heavy atom. The average molecular weight is 458 g/mol. The molecule has 3 rings (SSSR count). The van der Waals surface area contributed by atoms with E-state index in [-0.39, 0.29) is 10.7 Å². The number of ether oxygens (including phenoxy) is 2. The van der Waals surface area contributed by atoms with Crippen molar-refractivity contribution in [2.24, 2.45) is 0 Å². The molecule has 0 bridgehead atoms. The summed E-state index contributed by atoms with van der Waals surface area (Å²) in [4.78, 5) is 16.3. The number of benzene rings is 2. The van der Waals surface area contributed by atoms with Crippen LogP contribution >= 0.6 is 11.6 Å². The van der Waals surface area contributed by atoms with Gasteiger partial charge < -0.3 is 19.7 Å². The zero-order valence-electron chi connectivity index (χ0n) is 17.1. The van der Waals surface area contributed by atoms with Crippen LogP contribution in [0.4, 0.5) is 23.7 Å². The molecule has 0 radical (unpaired) electrons. The Bertz CT molecular complexity index is 932. The zero-order chi connectivity index (χ0) is 22.6. The van der Waals surface area contributed by atoms with Crippen LogP contribution in [0.1, 0.15) is 11.1 Å². The fraction of sp³-hybridized carbons (Fsp3) is 0.381. The van der Waals surface area contributed by atoms with Crippen LogP contribution in [0.25, 0.3) is 0 Å². The molecule has 1 fully saturated rings. The lowest BCUT2D eigenvalue weighted by atomic mass is 10.1. The van der Waals surface area contributed by atoms with Gasteiger partial charge in [-0.05, 0) is 36.4 Å². The molecule has 0 aromatic heterocycles. The van der Waals surface area contributed by atoms with E-state index in [9.17, 15) is 18.0 Å². The van der Waals surface area contributed by atoms with Crippen molar-refractivity contribution in [3.63, 3.8) is 0 Å². The number of nitrogens with one attached hydrogen (secondary N) is 1. The Labute approximate surface area is 183 Å². The first-order chi connectivity index (χ1) is 14.7. The van der Waals surface area contributed by atoms with Gasteiger partial charge in [0.2, 0.25) is 0 Å². The maximum atomic E-state index is 12.9. The van der Waals surface area contributed by atoms with E-state index in [4.69, 9.17) is 21.1 Å². The summed E-state index contributed by atoms with van der Waals surface area (Å²) in [5.74, 6) is 1.48. The number of amides is 2. The second-order valence-electron chi connectivity index (χ2n) is 7.06. The van der Waals surface area contributed by atoms with Crippen LogP contribution in [0.15, 0.2) is 36.4 Å². The highest BCUT2D eigenvalue weighted by molar-refractivity contribution is 6.33. The Hall–Kier alpha value is -2.65. The van der Waals surface area contributed by atoms with Gasteiger partial charge in [0, 0.05) is 38.3 Å². The molecule has 2 amide bonds. The van der Waals surface area contributed by atoms with Gasteiger partial charge in [-0.2, -0.15) is 13.2 Å². The molecule has 1 N–H and O–H groups in total. The SMILES string of the molecule is COc1ccc(OC)c(CN2CCN(C(=O)Nc3cc(C(F)(F)F)ccc3Cl)CC2)c1. The molecule has 1 aliphatic rings. The summed E-state index contributed by atoms with van der Waals surface area (Å²) >= 11 is 5.97. The molecule has 6 nitrogen and oxygen atoms in total. The number of nitrogens with zero attached hydrogens (tertiary/aromatic N) is 2. The third-order valence-electron chi connectivity index (χ3n) is 5.08. The number of hydrogen-bond donors (Lipinski definition) is 1. The van der Waals surface area contributed by atoms with E-state index in [1.165, 1.54) is 0 Å². The van der Waals surface area contributed by atoms with E-state index >= 15 is 0 Å². The van der Waals surface area contributed by atoms with Crippen molar-refractivity contribution in [2.75, 3.05) is 45.7 Å². The quantitative estimate of drug-likeness (QED) is 0.705. The van der Waals surface area contributed by atoms with E-state index in [0.717, 1.165) is 35.3 Å². The highest BCUT2D eigenvalue weighted by Crippen LogP contribution is 2.34. The lowest BCUT2D eigenvalue weighted by Crippen LogP contribution is -2.49. The van der Waals surface area contributed by atoms with Gasteiger partial charge in [0.05, 0.1) is 30.5 Å². The number of piperazine rings is 1. The van der Waals surface area contributed by atoms with Gasteiger partial charge >= 0.3 is 12.2 Å². The molecule has 2 aromatic rings. The van der Waals surface area contributed by atoms with Crippen LogP contribution < -0.4 is 14.8 Å². The number of carbonyl (C=O) groups is 1. The zero-order valence-corrected chi connectivity index (χ0v) is 17.9. The summed E-state index contributed by atoms with van der Waals surface area (Å²) in [6.45, 7) is 2.67. The predicted octanol–water partition coefficient (Wildman–Crippen LogP) is 4.73. The Morgan fingerprint density at radius 3 is 2.39 bits per heavy atom. The fourth-order valence-electron chi connectivity index (χ4n) is 3.35. The third-order valence-corrected chi connectivity index (χ3v) is 5.41. The average Bonchev–Trinajstić information content (AvgIpc) is 2.74. The van der Waals surface area contributed by atoms with E-state index in [1.807, 2.05) is 18.2 Å². The van der Waals surface area contributed by atoms with Gasteiger partial charge in [0.15, 0.2) is 0 Å². The smallest absolute Gasteiger partial charge is 0.416 e. The molecular weight excluding hydrogens is 435 g/mol. The van der Waals surface area contributed by atoms with E-state index in [1.54, 1.807) is 19.1 Å². The summed E-state index contributed by atoms with van der Waals surface area (Å²) in [6, 6.07) is 7.93. The molecule has 1 aliphatic heterocycles. The van der Waals surface area contributed by atoms with Gasteiger partial charge in [0.1, 0.15) is 11.5 Å². The number of alkyl halides is 3. The summed E-state index contributed by atoms with van der Waals surface area (Å²) in [6.07, 6.45) is -4.52. The van der Waals surface area contributed by atoms with Crippen LogP contribution in [0, 0.1) is 0 Å². The number of hydrogen-bond acceptors (Lipinski definition) is 4. The highest BCUT2D eigenvalue weighted by atomic mass is 35.5. The number of methoxy groups -OCH3 is 2. The molecule has 0 saturated carbocycles. The van der Waals surface area contributed by atoms with Gasteiger partial charge in [-0.15, -0.1) is 0 Å². The number of carbonyl (C=O) groups excluding carboxylic acids is 1. The van der Waals surface area contributed by atoms with Crippen molar-refractivity contribution in [1.82, 2.24) is 9.80 Å². The normalized spacial score (nSPS) is 15.0. The standard InChI is InChI=1S/C21H23ClF3N3O3/c1-30-16-4-6-19(31-2)14(11-16)13-27-7-9-28(10-8-27)20(29)26-18-12-15(21(23,24)25)3-5-17(18)22/h3-6,11-12H,7-10,13H2,1-2H3,(H,26,29). The summed E-state index contributed by atoms with van der Waals surface area (Å²) in [7, 11) is 3.20. The number of urea groups is 1. The number of rotatable bonds is 5. The predicted molar refractivity (Wildman–Crippen MR) is 112 cm³/mol. The fourth-order valence-corrected chi connectivity index (χ4v) is 3.51. The van der Waals surface area contributed by atoms with Crippen LogP contribution in [0.3, 0.4) is 0 Å². The summed E-state index contributed by atoms with van der Waals surface area (Å²) in [5, 5.41) is 2.54. The minimum atomic E-state index is -4.52. The molecule has 31 heavy (non-hydrogen) atoms. The minimum absolute atomic E-state index is 0.0464. The van der Waals surface area contributed by atoms with Crippen LogP contribution in [0.2, 0.25) is 5.02 Å². The molecule has 0 aliphatic carbocycles. The van der Waals surface area contributed by atoms with E-state index in [0.29, 0.717) is 32.7 Å². The van der Waals surface area contributed by atoms with Crippen molar-refractivity contribution in [2.45, 2.75) is 12.7 Å². The van der Waals surface area contributed by atoms with Crippen LogP contribution in [-0.2, 0) is 12.7 Å². The molecule has 1 saturated heterocycles. The van der Waals surface area contributed by atoms with E-state index in [2.05, 4.69) is 10.2 Å². The maximum Gasteiger partial charge on any atom is 0.416 e. The van der Waals surface area contributed by atoms with Crippen LogP contribution in [0.5, 0.6) is 11.5 Å². The molecule has 0 spiro atoms. The van der Waals surface area contributed by atoms with Gasteiger partial charge in [-0.25, -0.2) is 4.79 Å². The van der Waals surface area contributed by atoms with Crippen molar-refractivity contribution in [3.8, 4) is 11.5 Å². The van der Waals surface area contributed by atoms with Crippen molar-refractivity contribution < 1.29 is 27.4 Å². The Kier molecular flexibility index (Phi) is 7.17. The van der Waals surface area contributed by atoms with Crippen molar-refractivity contribution in [3.05, 3.63) is 52.5 Å². The van der Waals surface area contributed by atoms with Gasteiger partial charge in [-0.3, -0.25) is 4.90 Å². The Balaban J connectivity index is 1.60. The molecule has 2 aromatic carbocycles. The molecular formula is C21H23ClF3N3O3. The first-order valence-corrected chi connectivity index (χ1v) is 9.95. The van der Waals surface area contributed by atoms with Crippen LogP contribution in [-0.4, -0.2) is 56.2 Å².